The number of carbonyl (C=O) groups excluding carboxylic acids is 1. The number of amides is 1. The van der Waals surface area contributed by atoms with Crippen LogP contribution in [-0.2, 0) is 4.79 Å². The number of carbonyl (C=O) groups is 1. The van der Waals surface area contributed by atoms with Crippen molar-refractivity contribution in [3.8, 4) is 0 Å². The van der Waals surface area contributed by atoms with E-state index in [4.69, 9.17) is 0 Å². The maximum absolute atomic E-state index is 12.2. The zero-order valence-electron chi connectivity index (χ0n) is 14.0. The van der Waals surface area contributed by atoms with Crippen LogP contribution in [0.4, 0.5) is 36.2 Å². The van der Waals surface area contributed by atoms with E-state index < -0.39 is 18.5 Å². The van der Waals surface area contributed by atoms with Gasteiger partial charge in [0, 0.05) is 31.5 Å². The zero-order valence-corrected chi connectivity index (χ0v) is 14.0. The van der Waals surface area contributed by atoms with Crippen LogP contribution in [0.5, 0.6) is 0 Å². The second kappa shape index (κ2) is 7.37. The average molecular weight is 353 g/mol. The lowest BCUT2D eigenvalue weighted by Crippen LogP contribution is -2.21. The second-order valence-electron chi connectivity index (χ2n) is 5.60. The molecule has 2 aromatic rings. The number of anilines is 4. The summed E-state index contributed by atoms with van der Waals surface area (Å²) >= 11 is 0. The zero-order chi connectivity index (χ0) is 18.6. The Morgan fingerprint density at radius 2 is 1.72 bits per heavy atom. The summed E-state index contributed by atoms with van der Waals surface area (Å²) in [7, 11) is 3.73. The summed E-state index contributed by atoms with van der Waals surface area (Å²) in [4.78, 5) is 21.7. The Labute approximate surface area is 143 Å². The van der Waals surface area contributed by atoms with Crippen molar-refractivity contribution in [3.63, 3.8) is 0 Å². The predicted octanol–water partition coefficient (Wildman–Crippen LogP) is 3.49. The number of halogens is 3. The molecule has 1 heterocycles. The van der Waals surface area contributed by atoms with Gasteiger partial charge in [0.05, 0.1) is 0 Å². The van der Waals surface area contributed by atoms with Gasteiger partial charge in [-0.3, -0.25) is 4.79 Å². The summed E-state index contributed by atoms with van der Waals surface area (Å²) in [5.74, 6) is 0.830. The molecule has 0 aliphatic carbocycles. The first-order valence-electron chi connectivity index (χ1n) is 7.39. The van der Waals surface area contributed by atoms with E-state index in [0.29, 0.717) is 17.3 Å². The van der Waals surface area contributed by atoms with Gasteiger partial charge in [0.15, 0.2) is 0 Å². The molecule has 0 unspecified atom stereocenters. The molecule has 1 aromatic carbocycles. The first kappa shape index (κ1) is 18.5. The molecule has 0 saturated heterocycles. The van der Waals surface area contributed by atoms with E-state index in [9.17, 15) is 18.0 Å². The fourth-order valence-electron chi connectivity index (χ4n) is 2.02. The fraction of sp³-hybridized carbons (Fsp3) is 0.312. The third kappa shape index (κ3) is 5.94. The van der Waals surface area contributed by atoms with Gasteiger partial charge in [0.2, 0.25) is 5.91 Å². The molecule has 0 radical (unpaired) electrons. The lowest BCUT2D eigenvalue weighted by atomic mass is 10.2. The highest BCUT2D eigenvalue weighted by molar-refractivity contribution is 5.91. The largest absolute Gasteiger partial charge is 0.397 e. The van der Waals surface area contributed by atoms with E-state index in [1.807, 2.05) is 19.0 Å². The Bertz CT molecular complexity index is 744. The predicted molar refractivity (Wildman–Crippen MR) is 90.1 cm³/mol. The Morgan fingerprint density at radius 3 is 2.28 bits per heavy atom. The molecule has 2 rings (SSSR count). The van der Waals surface area contributed by atoms with Crippen molar-refractivity contribution in [1.29, 1.82) is 0 Å². The first-order chi connectivity index (χ1) is 11.6. The third-order valence-electron chi connectivity index (χ3n) is 3.08. The van der Waals surface area contributed by atoms with Gasteiger partial charge in [-0.2, -0.15) is 13.2 Å². The molecule has 134 valence electrons. The molecule has 0 fully saturated rings. The van der Waals surface area contributed by atoms with Crippen LogP contribution in [-0.4, -0.2) is 36.1 Å². The average Bonchev–Trinajstić information content (AvgIpc) is 2.46. The van der Waals surface area contributed by atoms with E-state index in [0.717, 1.165) is 5.82 Å². The maximum atomic E-state index is 12.2. The molecule has 6 nitrogen and oxygen atoms in total. The molecule has 1 amide bonds. The Hall–Kier alpha value is -2.84. The van der Waals surface area contributed by atoms with E-state index in [-0.39, 0.29) is 5.69 Å². The molecule has 0 aliphatic heterocycles. The molecular weight excluding hydrogens is 335 g/mol. The topological polar surface area (TPSA) is 70.2 Å². The van der Waals surface area contributed by atoms with Gasteiger partial charge >= 0.3 is 6.18 Å². The van der Waals surface area contributed by atoms with Crippen molar-refractivity contribution in [2.75, 3.05) is 29.6 Å². The van der Waals surface area contributed by atoms with Crippen molar-refractivity contribution in [2.45, 2.75) is 19.5 Å². The van der Waals surface area contributed by atoms with Crippen LogP contribution < -0.4 is 15.5 Å². The van der Waals surface area contributed by atoms with Gasteiger partial charge in [-0.05, 0) is 31.2 Å². The number of aromatic nitrogens is 2. The number of nitrogens with one attached hydrogen (secondary N) is 2. The maximum Gasteiger partial charge on any atom is 0.397 e. The van der Waals surface area contributed by atoms with Gasteiger partial charge in [-0.1, -0.05) is 0 Å². The minimum atomic E-state index is -4.53. The van der Waals surface area contributed by atoms with Gasteiger partial charge in [-0.15, -0.1) is 0 Å². The number of alkyl halides is 3. The van der Waals surface area contributed by atoms with Crippen LogP contribution in [0.1, 0.15) is 12.2 Å². The quantitative estimate of drug-likeness (QED) is 0.861. The van der Waals surface area contributed by atoms with Crippen LogP contribution >= 0.6 is 0 Å². The number of nitrogens with zero attached hydrogens (tertiary/aromatic N) is 3. The Kier molecular flexibility index (Phi) is 5.45. The van der Waals surface area contributed by atoms with E-state index >= 15 is 0 Å². The SMILES string of the molecule is Cc1nc(Nc2ccc(NC(=O)CC(F)(F)F)cc2)cc(N(C)C)n1. The van der Waals surface area contributed by atoms with E-state index in [1.165, 1.54) is 12.1 Å². The van der Waals surface area contributed by atoms with Gasteiger partial charge in [0.1, 0.15) is 23.9 Å². The van der Waals surface area contributed by atoms with Gasteiger partial charge in [-0.25, -0.2) is 9.97 Å². The highest BCUT2D eigenvalue weighted by atomic mass is 19.4. The van der Waals surface area contributed by atoms with Crippen molar-refractivity contribution in [2.24, 2.45) is 0 Å². The fourth-order valence-corrected chi connectivity index (χ4v) is 2.02. The van der Waals surface area contributed by atoms with Crippen molar-refractivity contribution < 1.29 is 18.0 Å². The molecule has 1 aromatic heterocycles. The molecule has 0 atom stereocenters. The van der Waals surface area contributed by atoms with Crippen molar-refractivity contribution >= 4 is 28.9 Å². The first-order valence-corrected chi connectivity index (χ1v) is 7.39. The molecule has 0 saturated carbocycles. The van der Waals surface area contributed by atoms with Gasteiger partial charge < -0.3 is 15.5 Å². The third-order valence-corrected chi connectivity index (χ3v) is 3.08. The normalized spacial score (nSPS) is 11.1. The molecule has 25 heavy (non-hydrogen) atoms. The lowest BCUT2D eigenvalue weighted by molar-refractivity contribution is -0.150. The van der Waals surface area contributed by atoms with Gasteiger partial charge in [0.25, 0.3) is 0 Å². The standard InChI is InChI=1S/C16H18F3N5O/c1-10-20-13(8-14(21-10)24(2)3)22-11-4-6-12(7-5-11)23-15(25)9-16(17,18)19/h4-8H,9H2,1-3H3,(H,23,25)(H,20,21,22). The summed E-state index contributed by atoms with van der Waals surface area (Å²) in [6.45, 7) is 1.78. The smallest absolute Gasteiger partial charge is 0.363 e. The van der Waals surface area contributed by atoms with Crippen molar-refractivity contribution in [3.05, 3.63) is 36.2 Å². The second-order valence-corrected chi connectivity index (χ2v) is 5.60. The number of hydrogen-bond donors (Lipinski definition) is 2. The minimum Gasteiger partial charge on any atom is -0.363 e. The molecule has 0 bridgehead atoms. The highest BCUT2D eigenvalue weighted by Gasteiger charge is 2.31. The number of rotatable bonds is 5. The molecule has 2 N–H and O–H groups in total. The monoisotopic (exact) mass is 353 g/mol. The van der Waals surface area contributed by atoms with Crippen molar-refractivity contribution in [1.82, 2.24) is 9.97 Å². The van der Waals surface area contributed by atoms with Crippen LogP contribution in [0.2, 0.25) is 0 Å². The van der Waals surface area contributed by atoms with Crippen LogP contribution in [0.25, 0.3) is 0 Å². The van der Waals surface area contributed by atoms with Crippen LogP contribution in [0.15, 0.2) is 30.3 Å². The van der Waals surface area contributed by atoms with E-state index in [2.05, 4.69) is 20.6 Å². The number of hydrogen-bond acceptors (Lipinski definition) is 5. The van der Waals surface area contributed by atoms with Crippen LogP contribution in [0, 0.1) is 6.92 Å². The Morgan fingerprint density at radius 1 is 1.12 bits per heavy atom. The summed E-state index contributed by atoms with van der Waals surface area (Å²) in [6, 6.07) is 8.06. The molecule has 0 spiro atoms. The summed E-state index contributed by atoms with van der Waals surface area (Å²) < 4.78 is 36.5. The number of aryl methyl sites for hydroxylation is 1. The summed E-state index contributed by atoms with van der Waals surface area (Å²) in [5.41, 5.74) is 0.962. The summed E-state index contributed by atoms with van der Waals surface area (Å²) in [5, 5.41) is 5.29. The molecular formula is C16H18F3N5O. The highest BCUT2D eigenvalue weighted by Crippen LogP contribution is 2.22. The number of benzene rings is 1. The Balaban J connectivity index is 2.04. The van der Waals surface area contributed by atoms with Crippen LogP contribution in [0.3, 0.4) is 0 Å². The van der Waals surface area contributed by atoms with E-state index in [1.54, 1.807) is 25.1 Å². The molecule has 9 heteroatoms. The minimum absolute atomic E-state index is 0.285. The molecule has 0 aliphatic rings. The lowest BCUT2D eigenvalue weighted by Gasteiger charge is -2.14. The summed E-state index contributed by atoms with van der Waals surface area (Å²) in [6.07, 6.45) is -6.04.